The molecule has 118 valence electrons. The molecule has 0 atom stereocenters. The first-order valence-corrected chi connectivity index (χ1v) is 7.56. The molecule has 0 fully saturated rings. The Labute approximate surface area is 126 Å². The lowest BCUT2D eigenvalue weighted by Gasteiger charge is -2.16. The Morgan fingerprint density at radius 1 is 1.29 bits per heavy atom. The summed E-state index contributed by atoms with van der Waals surface area (Å²) in [7, 11) is 2.07. The molecule has 0 aliphatic carbocycles. The minimum Gasteiger partial charge on any atom is -0.397 e. The first kappa shape index (κ1) is 17.4. The molecule has 0 spiro atoms. The van der Waals surface area contributed by atoms with Gasteiger partial charge in [-0.1, -0.05) is 19.8 Å². The van der Waals surface area contributed by atoms with Crippen molar-refractivity contribution in [1.82, 2.24) is 4.90 Å². The van der Waals surface area contributed by atoms with Gasteiger partial charge in [0, 0.05) is 6.42 Å². The molecule has 4 nitrogen and oxygen atoms in total. The molecule has 0 radical (unpaired) electrons. The molecule has 1 aromatic carbocycles. The van der Waals surface area contributed by atoms with Crippen LogP contribution in [-0.4, -0.2) is 30.9 Å². The van der Waals surface area contributed by atoms with E-state index in [-0.39, 0.29) is 11.6 Å². The normalized spacial score (nSPS) is 10.9. The Morgan fingerprint density at radius 3 is 2.67 bits per heavy atom. The number of nitrogens with two attached hydrogens (primary N) is 1. The number of halogens is 1. The number of nitrogens with one attached hydrogen (secondary N) is 1. The SMILES string of the molecule is CCCCCN(C)CCCC(=O)Nc1ccc(F)cc1N. The Kier molecular flexibility index (Phi) is 7.75. The maximum atomic E-state index is 12.9. The van der Waals surface area contributed by atoms with Crippen molar-refractivity contribution in [2.24, 2.45) is 0 Å². The van der Waals surface area contributed by atoms with E-state index >= 15 is 0 Å². The first-order valence-electron chi connectivity index (χ1n) is 7.56. The van der Waals surface area contributed by atoms with E-state index in [0.29, 0.717) is 12.1 Å². The van der Waals surface area contributed by atoms with Crippen LogP contribution in [0.1, 0.15) is 39.0 Å². The minimum absolute atomic E-state index is 0.0877. The van der Waals surface area contributed by atoms with Crippen LogP contribution in [0.3, 0.4) is 0 Å². The van der Waals surface area contributed by atoms with Crippen molar-refractivity contribution < 1.29 is 9.18 Å². The Hall–Kier alpha value is -1.62. The van der Waals surface area contributed by atoms with E-state index in [4.69, 9.17) is 5.73 Å². The quantitative estimate of drug-likeness (QED) is 0.543. The monoisotopic (exact) mass is 295 g/mol. The van der Waals surface area contributed by atoms with Gasteiger partial charge in [0.1, 0.15) is 5.82 Å². The van der Waals surface area contributed by atoms with Crippen molar-refractivity contribution >= 4 is 17.3 Å². The summed E-state index contributed by atoms with van der Waals surface area (Å²) in [6.45, 7) is 4.15. The molecule has 3 N–H and O–H groups in total. The highest BCUT2D eigenvalue weighted by molar-refractivity contribution is 5.93. The third-order valence-electron chi connectivity index (χ3n) is 3.37. The third-order valence-corrected chi connectivity index (χ3v) is 3.37. The van der Waals surface area contributed by atoms with Crippen LogP contribution >= 0.6 is 0 Å². The van der Waals surface area contributed by atoms with Crippen LogP contribution in [0.4, 0.5) is 15.8 Å². The highest BCUT2D eigenvalue weighted by atomic mass is 19.1. The molecule has 0 saturated carbocycles. The Balaban J connectivity index is 2.25. The lowest BCUT2D eigenvalue weighted by atomic mass is 10.2. The summed E-state index contributed by atoms with van der Waals surface area (Å²) >= 11 is 0. The van der Waals surface area contributed by atoms with Crippen molar-refractivity contribution in [2.45, 2.75) is 39.0 Å². The summed E-state index contributed by atoms with van der Waals surface area (Å²) in [5.74, 6) is -0.491. The van der Waals surface area contributed by atoms with Gasteiger partial charge in [0.25, 0.3) is 0 Å². The summed E-state index contributed by atoms with van der Waals surface area (Å²) in [5, 5.41) is 2.71. The van der Waals surface area contributed by atoms with Crippen molar-refractivity contribution in [1.29, 1.82) is 0 Å². The number of carbonyl (C=O) groups is 1. The fraction of sp³-hybridized carbons (Fsp3) is 0.562. The van der Waals surface area contributed by atoms with E-state index in [1.807, 2.05) is 0 Å². The highest BCUT2D eigenvalue weighted by Crippen LogP contribution is 2.19. The van der Waals surface area contributed by atoms with Gasteiger partial charge in [-0.25, -0.2) is 4.39 Å². The van der Waals surface area contributed by atoms with Crippen LogP contribution in [-0.2, 0) is 4.79 Å². The lowest BCUT2D eigenvalue weighted by Crippen LogP contribution is -2.22. The van der Waals surface area contributed by atoms with Crippen LogP contribution in [0.2, 0.25) is 0 Å². The average molecular weight is 295 g/mol. The number of anilines is 2. The number of carbonyl (C=O) groups excluding carboxylic acids is 1. The lowest BCUT2D eigenvalue weighted by molar-refractivity contribution is -0.116. The minimum atomic E-state index is -0.404. The number of amides is 1. The van der Waals surface area contributed by atoms with Crippen LogP contribution in [0.15, 0.2) is 18.2 Å². The molecule has 0 unspecified atom stereocenters. The molecule has 5 heteroatoms. The molecule has 0 aliphatic rings. The largest absolute Gasteiger partial charge is 0.397 e. The zero-order valence-corrected chi connectivity index (χ0v) is 13.0. The summed E-state index contributed by atoms with van der Waals surface area (Å²) in [4.78, 5) is 14.1. The molecule has 1 aromatic rings. The molecule has 0 heterocycles. The molecule has 0 aromatic heterocycles. The van der Waals surface area contributed by atoms with Crippen LogP contribution in [0, 0.1) is 5.82 Å². The fourth-order valence-electron chi connectivity index (χ4n) is 2.11. The van der Waals surface area contributed by atoms with Gasteiger partial charge in [-0.15, -0.1) is 0 Å². The van der Waals surface area contributed by atoms with Crippen molar-refractivity contribution in [3.63, 3.8) is 0 Å². The number of nitrogens with zero attached hydrogens (tertiary/aromatic N) is 1. The molecule has 1 rings (SSSR count). The Bertz CT molecular complexity index is 451. The summed E-state index contributed by atoms with van der Waals surface area (Å²) in [5.41, 5.74) is 6.37. The van der Waals surface area contributed by atoms with Crippen molar-refractivity contribution in [3.8, 4) is 0 Å². The molecular formula is C16H26FN3O. The van der Waals surface area contributed by atoms with Gasteiger partial charge >= 0.3 is 0 Å². The van der Waals surface area contributed by atoms with Crippen LogP contribution < -0.4 is 11.1 Å². The number of unbranched alkanes of at least 4 members (excludes halogenated alkanes) is 2. The molecular weight excluding hydrogens is 269 g/mol. The van der Waals surface area contributed by atoms with Gasteiger partial charge in [-0.05, 0) is 51.2 Å². The number of hydrogen-bond donors (Lipinski definition) is 2. The van der Waals surface area contributed by atoms with Gasteiger partial charge in [0.15, 0.2) is 0 Å². The maximum Gasteiger partial charge on any atom is 0.224 e. The average Bonchev–Trinajstić information content (AvgIpc) is 2.42. The Morgan fingerprint density at radius 2 is 2.00 bits per heavy atom. The molecule has 1 amide bonds. The number of benzene rings is 1. The zero-order valence-electron chi connectivity index (χ0n) is 13.0. The summed E-state index contributed by atoms with van der Waals surface area (Å²) < 4.78 is 12.9. The molecule has 0 bridgehead atoms. The smallest absolute Gasteiger partial charge is 0.224 e. The topological polar surface area (TPSA) is 58.4 Å². The van der Waals surface area contributed by atoms with Crippen LogP contribution in [0.25, 0.3) is 0 Å². The van der Waals surface area contributed by atoms with Gasteiger partial charge in [-0.2, -0.15) is 0 Å². The predicted octanol–water partition coefficient (Wildman–Crippen LogP) is 3.25. The van der Waals surface area contributed by atoms with E-state index in [1.165, 1.54) is 37.5 Å². The molecule has 0 saturated heterocycles. The first-order chi connectivity index (χ1) is 10.0. The highest BCUT2D eigenvalue weighted by Gasteiger charge is 2.07. The van der Waals surface area contributed by atoms with Gasteiger partial charge in [0.2, 0.25) is 5.91 Å². The second-order valence-electron chi connectivity index (χ2n) is 5.39. The van der Waals surface area contributed by atoms with E-state index in [1.54, 1.807) is 0 Å². The van der Waals surface area contributed by atoms with Crippen LogP contribution in [0.5, 0.6) is 0 Å². The predicted molar refractivity (Wildman–Crippen MR) is 85.7 cm³/mol. The maximum absolute atomic E-state index is 12.9. The second kappa shape index (κ2) is 9.34. The van der Waals surface area contributed by atoms with E-state index in [9.17, 15) is 9.18 Å². The standard InChI is InChI=1S/C16H26FN3O/c1-3-4-5-10-20(2)11-6-7-16(21)19-15-9-8-13(17)12-14(15)18/h8-9,12H,3-7,10-11,18H2,1-2H3,(H,19,21). The van der Waals surface area contributed by atoms with Crippen molar-refractivity contribution in [2.75, 3.05) is 31.2 Å². The third kappa shape index (κ3) is 7.09. The van der Waals surface area contributed by atoms with E-state index < -0.39 is 5.82 Å². The molecule has 0 aliphatic heterocycles. The number of rotatable bonds is 9. The van der Waals surface area contributed by atoms with E-state index in [0.717, 1.165) is 19.5 Å². The van der Waals surface area contributed by atoms with Gasteiger partial charge < -0.3 is 16.0 Å². The second-order valence-corrected chi connectivity index (χ2v) is 5.39. The van der Waals surface area contributed by atoms with Crippen molar-refractivity contribution in [3.05, 3.63) is 24.0 Å². The number of hydrogen-bond acceptors (Lipinski definition) is 3. The molecule has 21 heavy (non-hydrogen) atoms. The summed E-state index contributed by atoms with van der Waals surface area (Å²) in [6.07, 6.45) is 4.90. The van der Waals surface area contributed by atoms with E-state index in [2.05, 4.69) is 24.2 Å². The van der Waals surface area contributed by atoms with Gasteiger partial charge in [-0.3, -0.25) is 4.79 Å². The van der Waals surface area contributed by atoms with Gasteiger partial charge in [0.05, 0.1) is 11.4 Å². The zero-order chi connectivity index (χ0) is 15.7. The number of nitrogen functional groups attached to an aromatic ring is 1. The fourth-order valence-corrected chi connectivity index (χ4v) is 2.11. The summed E-state index contributed by atoms with van der Waals surface area (Å²) in [6, 6.07) is 3.98.